The monoisotopic (exact) mass is 551 g/mol. The second-order valence-corrected chi connectivity index (χ2v) is 10.9. The molecule has 2 aromatic carbocycles. The quantitative estimate of drug-likeness (QED) is 0.334. The van der Waals surface area contributed by atoms with E-state index in [-0.39, 0.29) is 18.3 Å². The lowest BCUT2D eigenvalue weighted by molar-refractivity contribution is -0.118. The molecule has 0 radical (unpaired) electrons. The van der Waals surface area contributed by atoms with E-state index < -0.39 is 6.10 Å². The number of pyridine rings is 1. The Hall–Kier alpha value is -3.20. The van der Waals surface area contributed by atoms with Gasteiger partial charge in [0, 0.05) is 49.1 Å². The third kappa shape index (κ3) is 7.06. The number of aromatic nitrogens is 1. The molecule has 1 aromatic heterocycles. The first-order valence-corrected chi connectivity index (χ1v) is 13.9. The van der Waals surface area contributed by atoms with Gasteiger partial charge in [0.25, 0.3) is 5.91 Å². The maximum atomic E-state index is 12.7. The molecule has 2 aliphatic rings. The SMILES string of the molecule is CNC(=O)c1cc2c(Oc3ccc(CC(=O)CC4CC4)c(Cl)c3)ccnc2cc1OC[C@H](O)CN1CCCC1. The van der Waals surface area contributed by atoms with E-state index in [4.69, 9.17) is 21.1 Å². The first kappa shape index (κ1) is 27.4. The Balaban J connectivity index is 1.34. The standard InChI is InChI=1S/C30H34ClN3O5/c1-32-30(37)25-15-24-27(16-29(25)38-18-22(36)17-34-10-2-3-11-34)33-9-8-28(24)39-23-7-6-20(26(31)14-23)13-21(35)12-19-4-5-19/h6-9,14-16,19,22,36H,2-5,10-13,17-18H2,1H3,(H,32,37)/t22-/m1/s1. The number of rotatable bonds is 12. The van der Waals surface area contributed by atoms with Crippen LogP contribution in [-0.2, 0) is 11.2 Å². The lowest BCUT2D eigenvalue weighted by atomic mass is 10.0. The second-order valence-electron chi connectivity index (χ2n) is 10.4. The summed E-state index contributed by atoms with van der Waals surface area (Å²) in [6, 6.07) is 10.4. The molecule has 1 aliphatic carbocycles. The number of aliphatic hydroxyl groups is 1. The van der Waals surface area contributed by atoms with Crippen LogP contribution in [0.5, 0.6) is 17.2 Å². The Morgan fingerprint density at radius 1 is 1.15 bits per heavy atom. The van der Waals surface area contributed by atoms with Gasteiger partial charge in [-0.25, -0.2) is 0 Å². The molecule has 1 saturated carbocycles. The van der Waals surface area contributed by atoms with E-state index in [0.717, 1.165) is 44.3 Å². The Morgan fingerprint density at radius 2 is 1.95 bits per heavy atom. The number of halogens is 1. The van der Waals surface area contributed by atoms with E-state index in [2.05, 4.69) is 15.2 Å². The molecule has 0 spiro atoms. The van der Waals surface area contributed by atoms with Crippen LogP contribution < -0.4 is 14.8 Å². The molecule has 1 saturated heterocycles. The highest BCUT2D eigenvalue weighted by atomic mass is 35.5. The van der Waals surface area contributed by atoms with Gasteiger partial charge in [0.2, 0.25) is 0 Å². The Morgan fingerprint density at radius 3 is 2.67 bits per heavy atom. The first-order valence-electron chi connectivity index (χ1n) is 13.6. The zero-order valence-corrected chi connectivity index (χ0v) is 22.9. The number of hydrogen-bond acceptors (Lipinski definition) is 7. The van der Waals surface area contributed by atoms with Crippen molar-refractivity contribution < 1.29 is 24.2 Å². The maximum absolute atomic E-state index is 12.7. The highest BCUT2D eigenvalue weighted by molar-refractivity contribution is 6.31. The fourth-order valence-electron chi connectivity index (χ4n) is 4.96. The van der Waals surface area contributed by atoms with Gasteiger partial charge in [0.15, 0.2) is 0 Å². The lowest BCUT2D eigenvalue weighted by Gasteiger charge is -2.20. The number of aliphatic hydroxyl groups excluding tert-OH is 1. The topological polar surface area (TPSA) is 101 Å². The number of carbonyl (C=O) groups excluding carboxylic acids is 2. The minimum atomic E-state index is -0.671. The van der Waals surface area contributed by atoms with E-state index in [1.807, 2.05) is 6.07 Å². The van der Waals surface area contributed by atoms with Crippen LogP contribution in [0.2, 0.25) is 5.02 Å². The summed E-state index contributed by atoms with van der Waals surface area (Å²) in [6.07, 6.45) is 6.46. The summed E-state index contributed by atoms with van der Waals surface area (Å²) in [5.74, 6) is 1.78. The smallest absolute Gasteiger partial charge is 0.254 e. The number of benzene rings is 2. The third-order valence-corrected chi connectivity index (χ3v) is 7.58. The number of fused-ring (bicyclic) bond motifs is 1. The van der Waals surface area contributed by atoms with Crippen molar-refractivity contribution >= 4 is 34.2 Å². The van der Waals surface area contributed by atoms with Gasteiger partial charge in [-0.3, -0.25) is 14.6 Å². The van der Waals surface area contributed by atoms with Crippen molar-refractivity contribution in [3.8, 4) is 17.2 Å². The predicted octanol–water partition coefficient (Wildman–Crippen LogP) is 4.79. The highest BCUT2D eigenvalue weighted by Gasteiger charge is 2.25. The van der Waals surface area contributed by atoms with E-state index in [0.29, 0.717) is 64.0 Å². The third-order valence-electron chi connectivity index (χ3n) is 7.23. The van der Waals surface area contributed by atoms with E-state index in [9.17, 15) is 14.7 Å². The van der Waals surface area contributed by atoms with Gasteiger partial charge in [-0.15, -0.1) is 0 Å². The number of amides is 1. The van der Waals surface area contributed by atoms with E-state index in [1.54, 1.807) is 43.6 Å². The van der Waals surface area contributed by atoms with Crippen LogP contribution in [0.25, 0.3) is 10.9 Å². The summed E-state index contributed by atoms with van der Waals surface area (Å²) >= 11 is 6.49. The van der Waals surface area contributed by atoms with E-state index in [1.165, 1.54) is 0 Å². The molecular weight excluding hydrogens is 518 g/mol. The van der Waals surface area contributed by atoms with Crippen molar-refractivity contribution in [2.45, 2.75) is 44.6 Å². The first-order chi connectivity index (χ1) is 18.9. The van der Waals surface area contributed by atoms with Crippen molar-refractivity contribution in [1.29, 1.82) is 0 Å². The molecule has 9 heteroatoms. The van der Waals surface area contributed by atoms with Gasteiger partial charge in [-0.2, -0.15) is 0 Å². The van der Waals surface area contributed by atoms with Crippen molar-refractivity contribution in [2.24, 2.45) is 5.92 Å². The molecular formula is C30H34ClN3O5. The average Bonchev–Trinajstić information content (AvgIpc) is 3.59. The Kier molecular flexibility index (Phi) is 8.65. The van der Waals surface area contributed by atoms with Crippen molar-refractivity contribution in [1.82, 2.24) is 15.2 Å². The van der Waals surface area contributed by atoms with Crippen molar-refractivity contribution in [3.05, 3.63) is 58.7 Å². The highest BCUT2D eigenvalue weighted by Crippen LogP contribution is 2.36. The van der Waals surface area contributed by atoms with Crippen molar-refractivity contribution in [2.75, 3.05) is 33.3 Å². The molecule has 1 amide bonds. The minimum Gasteiger partial charge on any atom is -0.490 e. The Labute approximate surface area is 233 Å². The number of β-amino-alcohol motifs (C(OH)–C–C–N with tert-alkyl or cyclic N) is 1. The number of ether oxygens (including phenoxy) is 2. The summed E-state index contributed by atoms with van der Waals surface area (Å²) in [6.45, 7) is 2.57. The maximum Gasteiger partial charge on any atom is 0.254 e. The van der Waals surface area contributed by atoms with Crippen LogP contribution in [0.15, 0.2) is 42.6 Å². The molecule has 2 fully saturated rings. The molecule has 1 aliphatic heterocycles. The largest absolute Gasteiger partial charge is 0.490 e. The molecule has 1 atom stereocenters. The molecule has 39 heavy (non-hydrogen) atoms. The van der Waals surface area contributed by atoms with Gasteiger partial charge in [-0.05, 0) is 74.5 Å². The lowest BCUT2D eigenvalue weighted by Crippen LogP contribution is -2.34. The number of ketones is 1. The number of nitrogens with one attached hydrogen (secondary N) is 1. The average molecular weight is 552 g/mol. The van der Waals surface area contributed by atoms with Crippen LogP contribution in [0.1, 0.15) is 48.0 Å². The van der Waals surface area contributed by atoms with Crippen molar-refractivity contribution in [3.63, 3.8) is 0 Å². The van der Waals surface area contributed by atoms with Crippen LogP contribution in [0.4, 0.5) is 0 Å². The van der Waals surface area contributed by atoms with Crippen LogP contribution in [-0.4, -0.2) is 66.1 Å². The molecule has 3 aromatic rings. The summed E-state index contributed by atoms with van der Waals surface area (Å²) in [5, 5.41) is 14.2. The summed E-state index contributed by atoms with van der Waals surface area (Å²) in [7, 11) is 1.55. The van der Waals surface area contributed by atoms with Gasteiger partial charge in [0.1, 0.15) is 35.7 Å². The molecule has 5 rings (SSSR count). The number of Topliss-reactive ketones (excluding diaryl/α,β-unsaturated/α-hetero) is 1. The van der Waals surface area contributed by atoms with Gasteiger partial charge >= 0.3 is 0 Å². The molecule has 0 bridgehead atoms. The van der Waals surface area contributed by atoms with Crippen LogP contribution in [0, 0.1) is 5.92 Å². The predicted molar refractivity (Wildman–Crippen MR) is 150 cm³/mol. The van der Waals surface area contributed by atoms with Gasteiger partial charge < -0.3 is 24.8 Å². The summed E-state index contributed by atoms with van der Waals surface area (Å²) in [5.41, 5.74) is 1.68. The molecule has 206 valence electrons. The fraction of sp³-hybridized carbons (Fsp3) is 0.433. The number of hydrogen-bond donors (Lipinski definition) is 2. The minimum absolute atomic E-state index is 0.0657. The molecule has 2 N–H and O–H groups in total. The fourth-order valence-corrected chi connectivity index (χ4v) is 5.20. The number of likely N-dealkylation sites (tertiary alicyclic amines) is 1. The zero-order valence-electron chi connectivity index (χ0n) is 22.1. The Bertz CT molecular complexity index is 1350. The number of nitrogens with zero attached hydrogens (tertiary/aromatic N) is 2. The molecule has 2 heterocycles. The van der Waals surface area contributed by atoms with E-state index >= 15 is 0 Å². The zero-order chi connectivity index (χ0) is 27.4. The summed E-state index contributed by atoms with van der Waals surface area (Å²) < 4.78 is 12.1. The van der Waals surface area contributed by atoms with Crippen LogP contribution >= 0.6 is 11.6 Å². The van der Waals surface area contributed by atoms with Gasteiger partial charge in [-0.1, -0.05) is 17.7 Å². The number of carbonyl (C=O) groups is 2. The molecule has 8 nitrogen and oxygen atoms in total. The molecule has 0 unspecified atom stereocenters. The second kappa shape index (κ2) is 12.3. The summed E-state index contributed by atoms with van der Waals surface area (Å²) in [4.78, 5) is 31.7. The normalized spacial score (nSPS) is 16.3. The van der Waals surface area contributed by atoms with Crippen LogP contribution in [0.3, 0.4) is 0 Å². The van der Waals surface area contributed by atoms with Gasteiger partial charge in [0.05, 0.1) is 11.1 Å².